The van der Waals surface area contributed by atoms with Crippen LogP contribution in [0.3, 0.4) is 0 Å². The average molecular weight is 292 g/mol. The summed E-state index contributed by atoms with van der Waals surface area (Å²) in [5, 5.41) is 0.401. The Bertz CT molecular complexity index is 515. The van der Waals surface area contributed by atoms with E-state index in [1.807, 2.05) is 0 Å². The molecule has 1 aromatic heterocycles. The summed E-state index contributed by atoms with van der Waals surface area (Å²) in [5.74, 6) is 0.221. The number of aromatic amines is 1. The third-order valence-electron chi connectivity index (χ3n) is 2.06. The summed E-state index contributed by atoms with van der Waals surface area (Å²) in [5.41, 5.74) is 6.94. The molecule has 3 N–H and O–H groups in total. The summed E-state index contributed by atoms with van der Waals surface area (Å²) in [7, 11) is 0. The molecule has 0 saturated carbocycles. The first-order chi connectivity index (χ1) is 7.61. The number of fused-ring (bicyclic) bond motifs is 1. The molecule has 0 aliphatic carbocycles. The molecule has 1 heterocycles. The molecule has 0 spiro atoms. The van der Waals surface area contributed by atoms with Gasteiger partial charge >= 0.3 is 6.61 Å². The molecule has 2 aromatic rings. The summed E-state index contributed by atoms with van der Waals surface area (Å²) < 4.78 is 29.0. The maximum Gasteiger partial charge on any atom is 0.387 e. The SMILES string of the molecule is Nc1nc2c(OC(F)F)c(CBr)ccc2[nH]1. The van der Waals surface area contributed by atoms with Crippen molar-refractivity contribution in [1.29, 1.82) is 0 Å². The molecule has 86 valence electrons. The topological polar surface area (TPSA) is 63.9 Å². The number of imidazole rings is 1. The highest BCUT2D eigenvalue weighted by atomic mass is 79.9. The summed E-state index contributed by atoms with van der Waals surface area (Å²) in [4.78, 5) is 6.67. The lowest BCUT2D eigenvalue weighted by atomic mass is 10.2. The molecule has 0 aliphatic rings. The number of aromatic nitrogens is 2. The van der Waals surface area contributed by atoms with Gasteiger partial charge in [0.15, 0.2) is 11.7 Å². The Labute approximate surface area is 97.9 Å². The van der Waals surface area contributed by atoms with Gasteiger partial charge in [-0.2, -0.15) is 8.78 Å². The van der Waals surface area contributed by atoms with Crippen LogP contribution in [-0.4, -0.2) is 16.6 Å². The number of nitrogens with two attached hydrogens (primary N) is 1. The molecule has 1 aromatic carbocycles. The second kappa shape index (κ2) is 4.25. The van der Waals surface area contributed by atoms with Crippen molar-refractivity contribution in [2.75, 3.05) is 5.73 Å². The number of halogens is 3. The number of anilines is 1. The average Bonchev–Trinajstić information content (AvgIpc) is 2.59. The van der Waals surface area contributed by atoms with E-state index in [4.69, 9.17) is 5.73 Å². The zero-order valence-electron chi connectivity index (χ0n) is 8.01. The summed E-state index contributed by atoms with van der Waals surface area (Å²) in [6, 6.07) is 3.39. The molecule has 16 heavy (non-hydrogen) atoms. The van der Waals surface area contributed by atoms with Gasteiger partial charge in [-0.15, -0.1) is 0 Å². The van der Waals surface area contributed by atoms with E-state index in [-0.39, 0.29) is 11.7 Å². The van der Waals surface area contributed by atoms with Crippen LogP contribution in [-0.2, 0) is 5.33 Å². The number of H-pyrrole nitrogens is 1. The van der Waals surface area contributed by atoms with Crippen molar-refractivity contribution in [3.8, 4) is 5.75 Å². The van der Waals surface area contributed by atoms with E-state index in [9.17, 15) is 8.78 Å². The normalized spacial score (nSPS) is 11.2. The maximum atomic E-state index is 12.3. The van der Waals surface area contributed by atoms with Crippen LogP contribution in [0, 0.1) is 0 Å². The quantitative estimate of drug-likeness (QED) is 0.855. The van der Waals surface area contributed by atoms with Crippen LogP contribution in [0.2, 0.25) is 0 Å². The smallest absolute Gasteiger partial charge is 0.387 e. The van der Waals surface area contributed by atoms with Gasteiger partial charge in [-0.3, -0.25) is 0 Å². The Morgan fingerprint density at radius 3 is 2.88 bits per heavy atom. The van der Waals surface area contributed by atoms with E-state index in [1.165, 1.54) is 0 Å². The lowest BCUT2D eigenvalue weighted by molar-refractivity contribution is -0.0493. The first kappa shape index (κ1) is 11.1. The molecule has 4 nitrogen and oxygen atoms in total. The first-order valence-electron chi connectivity index (χ1n) is 4.39. The zero-order chi connectivity index (χ0) is 11.7. The van der Waals surface area contributed by atoms with Crippen molar-refractivity contribution in [2.24, 2.45) is 0 Å². The third-order valence-corrected chi connectivity index (χ3v) is 2.66. The van der Waals surface area contributed by atoms with Gasteiger partial charge in [-0.25, -0.2) is 4.98 Å². The Morgan fingerprint density at radius 2 is 2.25 bits per heavy atom. The highest BCUT2D eigenvalue weighted by molar-refractivity contribution is 9.08. The van der Waals surface area contributed by atoms with Crippen molar-refractivity contribution >= 4 is 32.9 Å². The van der Waals surface area contributed by atoms with E-state index in [1.54, 1.807) is 12.1 Å². The van der Waals surface area contributed by atoms with Crippen molar-refractivity contribution < 1.29 is 13.5 Å². The van der Waals surface area contributed by atoms with Gasteiger partial charge in [0.25, 0.3) is 0 Å². The molecule has 2 rings (SSSR count). The summed E-state index contributed by atoms with van der Waals surface area (Å²) >= 11 is 3.20. The number of nitrogens with one attached hydrogen (secondary N) is 1. The lowest BCUT2D eigenvalue weighted by Crippen LogP contribution is -2.04. The monoisotopic (exact) mass is 291 g/mol. The minimum atomic E-state index is -2.89. The van der Waals surface area contributed by atoms with E-state index in [2.05, 4.69) is 30.6 Å². The van der Waals surface area contributed by atoms with Crippen LogP contribution in [0.5, 0.6) is 5.75 Å². The molecule has 0 unspecified atom stereocenters. The van der Waals surface area contributed by atoms with Gasteiger partial charge in [0, 0.05) is 10.9 Å². The van der Waals surface area contributed by atoms with E-state index in [0.29, 0.717) is 21.9 Å². The largest absolute Gasteiger partial charge is 0.432 e. The fraction of sp³-hybridized carbons (Fsp3) is 0.222. The van der Waals surface area contributed by atoms with Crippen molar-refractivity contribution in [3.63, 3.8) is 0 Å². The maximum absolute atomic E-state index is 12.3. The lowest BCUT2D eigenvalue weighted by Gasteiger charge is -2.08. The fourth-order valence-corrected chi connectivity index (χ4v) is 1.88. The number of hydrogen-bond acceptors (Lipinski definition) is 3. The molecule has 0 aliphatic heterocycles. The summed E-state index contributed by atoms with van der Waals surface area (Å²) in [6.07, 6.45) is 0. The van der Waals surface area contributed by atoms with Crippen molar-refractivity contribution in [1.82, 2.24) is 9.97 Å². The molecule has 0 atom stereocenters. The second-order valence-corrected chi connectivity index (χ2v) is 3.64. The van der Waals surface area contributed by atoms with Crippen LogP contribution >= 0.6 is 15.9 Å². The molecular weight excluding hydrogens is 284 g/mol. The molecular formula is C9H8BrF2N3O. The Hall–Kier alpha value is -1.37. The van der Waals surface area contributed by atoms with E-state index >= 15 is 0 Å². The predicted molar refractivity (Wildman–Crippen MR) is 59.8 cm³/mol. The van der Waals surface area contributed by atoms with E-state index in [0.717, 1.165) is 0 Å². The molecule has 0 amide bonds. The zero-order valence-corrected chi connectivity index (χ0v) is 9.59. The fourth-order valence-electron chi connectivity index (χ4n) is 1.44. The number of benzene rings is 1. The molecule has 0 fully saturated rings. The van der Waals surface area contributed by atoms with E-state index < -0.39 is 6.61 Å². The minimum absolute atomic E-state index is 0.0531. The third kappa shape index (κ3) is 1.95. The number of nitrogens with zero attached hydrogens (tertiary/aromatic N) is 1. The Morgan fingerprint density at radius 1 is 1.50 bits per heavy atom. The van der Waals surface area contributed by atoms with Crippen LogP contribution in [0.15, 0.2) is 12.1 Å². The highest BCUT2D eigenvalue weighted by Crippen LogP contribution is 2.31. The van der Waals surface area contributed by atoms with Crippen molar-refractivity contribution in [3.05, 3.63) is 17.7 Å². The van der Waals surface area contributed by atoms with Crippen LogP contribution in [0.1, 0.15) is 5.56 Å². The van der Waals surface area contributed by atoms with Gasteiger partial charge in [-0.1, -0.05) is 22.0 Å². The van der Waals surface area contributed by atoms with Gasteiger partial charge < -0.3 is 15.5 Å². The molecule has 0 saturated heterocycles. The highest BCUT2D eigenvalue weighted by Gasteiger charge is 2.15. The minimum Gasteiger partial charge on any atom is -0.432 e. The predicted octanol–water partition coefficient (Wildman–Crippen LogP) is 2.64. The second-order valence-electron chi connectivity index (χ2n) is 3.08. The number of rotatable bonds is 3. The van der Waals surface area contributed by atoms with Gasteiger partial charge in [-0.05, 0) is 6.07 Å². The van der Waals surface area contributed by atoms with Gasteiger partial charge in [0.1, 0.15) is 5.52 Å². The first-order valence-corrected chi connectivity index (χ1v) is 5.52. The number of nitrogen functional groups attached to an aromatic ring is 1. The van der Waals surface area contributed by atoms with Crippen LogP contribution in [0.25, 0.3) is 11.0 Å². The molecule has 0 bridgehead atoms. The Kier molecular flexibility index (Phi) is 2.95. The Balaban J connectivity index is 2.62. The standard InChI is InChI=1S/C9H8BrF2N3O/c10-3-4-1-2-5-6(15-9(13)14-5)7(4)16-8(11)12/h1-2,8H,3H2,(H3,13,14,15). The van der Waals surface area contributed by atoms with Crippen molar-refractivity contribution in [2.45, 2.75) is 11.9 Å². The number of ether oxygens (including phenoxy) is 1. The molecule has 7 heteroatoms. The van der Waals surface area contributed by atoms with Gasteiger partial charge in [0.05, 0.1) is 5.52 Å². The van der Waals surface area contributed by atoms with Crippen LogP contribution < -0.4 is 10.5 Å². The number of hydrogen-bond donors (Lipinski definition) is 2. The molecule has 0 radical (unpaired) electrons. The number of alkyl halides is 3. The summed E-state index contributed by atoms with van der Waals surface area (Å²) in [6.45, 7) is -2.89. The van der Waals surface area contributed by atoms with Crippen LogP contribution in [0.4, 0.5) is 14.7 Å². The van der Waals surface area contributed by atoms with Gasteiger partial charge in [0.2, 0.25) is 0 Å².